The molecule has 7 nitrogen and oxygen atoms in total. The second-order valence-corrected chi connectivity index (χ2v) is 6.17. The van der Waals surface area contributed by atoms with Gasteiger partial charge in [-0.1, -0.05) is 0 Å². The Hall–Kier alpha value is -2.54. The Labute approximate surface area is 139 Å². The van der Waals surface area contributed by atoms with Crippen LogP contribution in [0, 0.1) is 6.92 Å². The second-order valence-electron chi connectivity index (χ2n) is 6.17. The molecule has 1 saturated carbocycles. The number of hydrogen-bond donors (Lipinski definition) is 2. The molecule has 0 bridgehead atoms. The van der Waals surface area contributed by atoms with E-state index in [2.05, 4.69) is 10.3 Å². The molecule has 0 radical (unpaired) electrons. The standard InChI is InChI=1S/C17H19N3O4/c1-10-18-6-7-20(10)13-4-3-12(16(13)21)19-17(22)11-2-5-14-15(8-11)24-9-23-14/h2,5-8,12-13,16,21H,3-4,9H2,1H3,(H,19,22)/t12-,13-,16-/m1/s1. The van der Waals surface area contributed by atoms with Crippen LogP contribution in [0.3, 0.4) is 0 Å². The first-order valence-corrected chi connectivity index (χ1v) is 8.01. The van der Waals surface area contributed by atoms with Crippen LogP contribution < -0.4 is 14.8 Å². The topological polar surface area (TPSA) is 85.6 Å². The third kappa shape index (κ3) is 2.50. The average molecular weight is 329 g/mol. The number of benzene rings is 1. The first-order chi connectivity index (χ1) is 11.6. The van der Waals surface area contributed by atoms with Gasteiger partial charge < -0.3 is 24.5 Å². The van der Waals surface area contributed by atoms with Crippen LogP contribution in [0.1, 0.15) is 35.1 Å². The Kier molecular flexibility index (Phi) is 3.65. The van der Waals surface area contributed by atoms with Gasteiger partial charge in [-0.25, -0.2) is 4.98 Å². The molecule has 1 fully saturated rings. The average Bonchev–Trinajstić information content (AvgIpc) is 3.28. The number of aliphatic hydroxyl groups excluding tert-OH is 1. The normalized spacial score (nSPS) is 25.0. The smallest absolute Gasteiger partial charge is 0.251 e. The predicted molar refractivity (Wildman–Crippen MR) is 85.1 cm³/mol. The van der Waals surface area contributed by atoms with Gasteiger partial charge in [0.25, 0.3) is 5.91 Å². The molecule has 2 aromatic rings. The molecule has 24 heavy (non-hydrogen) atoms. The van der Waals surface area contributed by atoms with Crippen LogP contribution >= 0.6 is 0 Å². The third-order valence-electron chi connectivity index (χ3n) is 4.75. The number of nitrogens with one attached hydrogen (secondary N) is 1. The molecule has 126 valence electrons. The highest BCUT2D eigenvalue weighted by molar-refractivity contribution is 5.95. The fourth-order valence-electron chi connectivity index (χ4n) is 3.45. The number of carbonyl (C=O) groups excluding carboxylic acids is 1. The number of aliphatic hydroxyl groups is 1. The van der Waals surface area contributed by atoms with E-state index in [-0.39, 0.29) is 24.8 Å². The van der Waals surface area contributed by atoms with E-state index < -0.39 is 6.10 Å². The lowest BCUT2D eigenvalue weighted by molar-refractivity contribution is 0.0811. The van der Waals surface area contributed by atoms with Crippen LogP contribution in [0.2, 0.25) is 0 Å². The molecular formula is C17H19N3O4. The zero-order chi connectivity index (χ0) is 16.7. The molecule has 0 spiro atoms. The van der Waals surface area contributed by atoms with E-state index in [1.165, 1.54) is 0 Å². The van der Waals surface area contributed by atoms with Gasteiger partial charge >= 0.3 is 0 Å². The maximum atomic E-state index is 12.5. The summed E-state index contributed by atoms with van der Waals surface area (Å²) in [5.41, 5.74) is 0.494. The summed E-state index contributed by atoms with van der Waals surface area (Å²) < 4.78 is 12.5. The van der Waals surface area contributed by atoms with Gasteiger partial charge in [-0.15, -0.1) is 0 Å². The number of aryl methyl sites for hydroxylation is 1. The Morgan fingerprint density at radius 3 is 2.96 bits per heavy atom. The van der Waals surface area contributed by atoms with E-state index in [4.69, 9.17) is 9.47 Å². The zero-order valence-electron chi connectivity index (χ0n) is 13.3. The Morgan fingerprint density at radius 2 is 2.17 bits per heavy atom. The molecule has 7 heteroatoms. The first kappa shape index (κ1) is 15.0. The summed E-state index contributed by atoms with van der Waals surface area (Å²) in [6, 6.07) is 4.74. The van der Waals surface area contributed by atoms with Crippen molar-refractivity contribution in [2.45, 2.75) is 38.0 Å². The summed E-state index contributed by atoms with van der Waals surface area (Å²) in [4.78, 5) is 16.7. The van der Waals surface area contributed by atoms with Crippen LogP contribution in [0.15, 0.2) is 30.6 Å². The lowest BCUT2D eigenvalue weighted by atomic mass is 10.1. The van der Waals surface area contributed by atoms with Crippen molar-refractivity contribution < 1.29 is 19.4 Å². The van der Waals surface area contributed by atoms with Gasteiger partial charge in [0.15, 0.2) is 11.5 Å². The Balaban J connectivity index is 1.46. The van der Waals surface area contributed by atoms with Gasteiger partial charge in [0.2, 0.25) is 6.79 Å². The van der Waals surface area contributed by atoms with E-state index in [9.17, 15) is 9.90 Å². The molecule has 4 rings (SSSR count). The van der Waals surface area contributed by atoms with Crippen LogP contribution in [0.5, 0.6) is 11.5 Å². The minimum atomic E-state index is -0.643. The summed E-state index contributed by atoms with van der Waals surface area (Å²) in [6.07, 6.45) is 4.46. The number of hydrogen-bond acceptors (Lipinski definition) is 5. The minimum absolute atomic E-state index is 0.0606. The predicted octanol–water partition coefficient (Wildman–Crippen LogP) is 1.41. The molecule has 2 N–H and O–H groups in total. The lowest BCUT2D eigenvalue weighted by Crippen LogP contribution is -2.42. The van der Waals surface area contributed by atoms with E-state index >= 15 is 0 Å². The number of imidazole rings is 1. The molecule has 0 unspecified atom stereocenters. The van der Waals surface area contributed by atoms with Crippen LogP contribution in [0.25, 0.3) is 0 Å². The Bertz CT molecular complexity index is 773. The second kappa shape index (κ2) is 5.83. The molecule has 1 aliphatic heterocycles. The third-order valence-corrected chi connectivity index (χ3v) is 4.75. The van der Waals surface area contributed by atoms with Gasteiger partial charge in [-0.2, -0.15) is 0 Å². The van der Waals surface area contributed by atoms with E-state index in [1.807, 2.05) is 17.7 Å². The van der Waals surface area contributed by atoms with Gasteiger partial charge in [-0.05, 0) is 38.0 Å². The summed E-state index contributed by atoms with van der Waals surface area (Å²) in [6.45, 7) is 2.08. The van der Waals surface area contributed by atoms with Crippen LogP contribution in [-0.4, -0.2) is 39.5 Å². The molecule has 1 amide bonds. The molecule has 1 aromatic carbocycles. The largest absolute Gasteiger partial charge is 0.454 e. The van der Waals surface area contributed by atoms with Crippen molar-refractivity contribution >= 4 is 5.91 Å². The van der Waals surface area contributed by atoms with E-state index in [0.29, 0.717) is 17.1 Å². The van der Waals surface area contributed by atoms with Crippen molar-refractivity contribution in [1.82, 2.24) is 14.9 Å². The van der Waals surface area contributed by atoms with Crippen LogP contribution in [-0.2, 0) is 0 Å². The monoisotopic (exact) mass is 329 g/mol. The number of aromatic nitrogens is 2. The highest BCUT2D eigenvalue weighted by atomic mass is 16.7. The molecule has 2 heterocycles. The molecule has 1 aliphatic carbocycles. The number of amides is 1. The molecule has 3 atom stereocenters. The molecular weight excluding hydrogens is 310 g/mol. The number of fused-ring (bicyclic) bond motifs is 1. The van der Waals surface area contributed by atoms with Gasteiger partial charge in [0, 0.05) is 18.0 Å². The molecule has 1 aromatic heterocycles. The SMILES string of the molecule is Cc1nccn1[C@@H]1CC[C@@H](NC(=O)c2ccc3c(c2)OCO3)[C@H]1O. The quantitative estimate of drug-likeness (QED) is 0.889. The molecule has 0 saturated heterocycles. The summed E-state index contributed by atoms with van der Waals surface area (Å²) >= 11 is 0. The van der Waals surface area contributed by atoms with E-state index in [0.717, 1.165) is 18.7 Å². The van der Waals surface area contributed by atoms with Crippen LogP contribution in [0.4, 0.5) is 0 Å². The van der Waals surface area contributed by atoms with Gasteiger partial charge in [-0.3, -0.25) is 4.79 Å². The van der Waals surface area contributed by atoms with Crippen molar-refractivity contribution in [3.05, 3.63) is 42.0 Å². The van der Waals surface area contributed by atoms with Crippen molar-refractivity contribution in [2.75, 3.05) is 6.79 Å². The van der Waals surface area contributed by atoms with Crippen molar-refractivity contribution in [1.29, 1.82) is 0 Å². The van der Waals surface area contributed by atoms with E-state index in [1.54, 1.807) is 24.4 Å². The maximum Gasteiger partial charge on any atom is 0.251 e. The number of nitrogens with zero attached hydrogens (tertiary/aromatic N) is 2. The fourth-order valence-corrected chi connectivity index (χ4v) is 3.45. The highest BCUT2D eigenvalue weighted by Crippen LogP contribution is 2.34. The van der Waals surface area contributed by atoms with Crippen molar-refractivity contribution in [2.24, 2.45) is 0 Å². The maximum absolute atomic E-state index is 12.5. The van der Waals surface area contributed by atoms with Crippen molar-refractivity contribution in [3.63, 3.8) is 0 Å². The Morgan fingerprint density at radius 1 is 1.33 bits per heavy atom. The van der Waals surface area contributed by atoms with Gasteiger partial charge in [0.1, 0.15) is 5.82 Å². The number of carbonyl (C=O) groups is 1. The highest BCUT2D eigenvalue weighted by Gasteiger charge is 2.37. The summed E-state index contributed by atoms with van der Waals surface area (Å²) in [7, 11) is 0. The first-order valence-electron chi connectivity index (χ1n) is 8.01. The summed E-state index contributed by atoms with van der Waals surface area (Å²) in [5.74, 6) is 1.85. The molecule has 2 aliphatic rings. The fraction of sp³-hybridized carbons (Fsp3) is 0.412. The van der Waals surface area contributed by atoms with Crippen molar-refractivity contribution in [3.8, 4) is 11.5 Å². The number of rotatable bonds is 3. The lowest BCUT2D eigenvalue weighted by Gasteiger charge is -2.22. The summed E-state index contributed by atoms with van der Waals surface area (Å²) in [5, 5.41) is 13.5. The minimum Gasteiger partial charge on any atom is -0.454 e. The van der Waals surface area contributed by atoms with Gasteiger partial charge in [0.05, 0.1) is 18.2 Å². The number of ether oxygens (including phenoxy) is 2. The zero-order valence-corrected chi connectivity index (χ0v) is 13.3.